The van der Waals surface area contributed by atoms with Crippen molar-refractivity contribution in [2.45, 2.75) is 13.0 Å². The number of amides is 1. The summed E-state index contributed by atoms with van der Waals surface area (Å²) in [5.74, 6) is -1.53. The van der Waals surface area contributed by atoms with E-state index in [0.717, 1.165) is 0 Å². The van der Waals surface area contributed by atoms with Crippen molar-refractivity contribution < 1.29 is 19.4 Å². The minimum absolute atomic E-state index is 0.0781. The van der Waals surface area contributed by atoms with Crippen molar-refractivity contribution in [1.82, 2.24) is 4.98 Å². The number of aliphatic hydroxyl groups excluding tert-OH is 1. The van der Waals surface area contributed by atoms with Crippen LogP contribution in [0.4, 0.5) is 5.69 Å². The van der Waals surface area contributed by atoms with E-state index >= 15 is 0 Å². The molecule has 162 valence electrons. The molecule has 1 aliphatic rings. The zero-order valence-electron chi connectivity index (χ0n) is 17.2. The van der Waals surface area contributed by atoms with E-state index in [1.807, 2.05) is 0 Å². The first-order valence-electron chi connectivity index (χ1n) is 9.64. The Kier molecular flexibility index (Phi) is 5.91. The van der Waals surface area contributed by atoms with Gasteiger partial charge in [-0.05, 0) is 66.6 Å². The average Bonchev–Trinajstić information content (AvgIpc) is 3.05. The fraction of sp³-hybridized carbons (Fsp3) is 0.125. The molecule has 32 heavy (non-hydrogen) atoms. The molecular weight excluding hydrogens is 451 g/mol. The van der Waals surface area contributed by atoms with Gasteiger partial charge >= 0.3 is 0 Å². The van der Waals surface area contributed by atoms with Gasteiger partial charge in [0.1, 0.15) is 11.5 Å². The summed E-state index contributed by atoms with van der Waals surface area (Å²) >= 11 is 12.4. The zero-order chi connectivity index (χ0) is 23.0. The molecule has 8 heteroatoms. The van der Waals surface area contributed by atoms with Crippen molar-refractivity contribution in [2.75, 3.05) is 12.0 Å². The summed E-state index contributed by atoms with van der Waals surface area (Å²) in [5, 5.41) is 11.9. The van der Waals surface area contributed by atoms with E-state index in [0.29, 0.717) is 27.6 Å². The highest BCUT2D eigenvalue weighted by Gasteiger charge is 2.47. The predicted molar refractivity (Wildman–Crippen MR) is 123 cm³/mol. The molecule has 0 bridgehead atoms. The Morgan fingerprint density at radius 1 is 1.06 bits per heavy atom. The number of aryl methyl sites for hydroxylation is 1. The van der Waals surface area contributed by atoms with Gasteiger partial charge in [-0.25, -0.2) is 0 Å². The lowest BCUT2D eigenvalue weighted by atomic mass is 9.95. The lowest BCUT2D eigenvalue weighted by Gasteiger charge is -2.26. The van der Waals surface area contributed by atoms with Gasteiger partial charge in [-0.1, -0.05) is 23.2 Å². The Hall–Kier alpha value is -3.35. The highest BCUT2D eigenvalue weighted by molar-refractivity contribution is 6.52. The van der Waals surface area contributed by atoms with Crippen LogP contribution in [0.15, 0.2) is 66.5 Å². The van der Waals surface area contributed by atoms with Crippen molar-refractivity contribution in [3.8, 4) is 5.75 Å². The maximum atomic E-state index is 13.2. The molecule has 1 fully saturated rings. The molecule has 0 radical (unpaired) electrons. The van der Waals surface area contributed by atoms with Crippen LogP contribution in [0.1, 0.15) is 22.7 Å². The number of halogens is 2. The van der Waals surface area contributed by atoms with Gasteiger partial charge in [-0.15, -0.1) is 0 Å². The second-order valence-corrected chi connectivity index (χ2v) is 8.07. The maximum absolute atomic E-state index is 13.2. The number of aliphatic hydroxyl groups is 1. The largest absolute Gasteiger partial charge is 0.507 e. The van der Waals surface area contributed by atoms with Crippen LogP contribution in [0.25, 0.3) is 5.76 Å². The Morgan fingerprint density at radius 3 is 2.44 bits per heavy atom. The van der Waals surface area contributed by atoms with Gasteiger partial charge in [-0.2, -0.15) is 0 Å². The summed E-state index contributed by atoms with van der Waals surface area (Å²) in [6.07, 6.45) is 3.12. The first kappa shape index (κ1) is 21.9. The number of Topliss-reactive ketones (excluding diaryl/α,β-unsaturated/α-hetero) is 1. The predicted octanol–water partition coefficient (Wildman–Crippen LogP) is 5.33. The fourth-order valence-electron chi connectivity index (χ4n) is 3.79. The van der Waals surface area contributed by atoms with Gasteiger partial charge in [0.25, 0.3) is 11.7 Å². The van der Waals surface area contributed by atoms with E-state index in [4.69, 9.17) is 27.9 Å². The van der Waals surface area contributed by atoms with Crippen LogP contribution in [-0.2, 0) is 9.59 Å². The number of nitrogens with zero attached hydrogens (tertiary/aromatic N) is 2. The molecule has 2 heterocycles. The maximum Gasteiger partial charge on any atom is 0.300 e. The Morgan fingerprint density at radius 2 is 1.78 bits per heavy atom. The highest BCUT2D eigenvalue weighted by Crippen LogP contribution is 2.44. The molecule has 4 rings (SSSR count). The Labute approximate surface area is 194 Å². The molecule has 0 spiro atoms. The van der Waals surface area contributed by atoms with Crippen LogP contribution in [0.3, 0.4) is 0 Å². The van der Waals surface area contributed by atoms with Gasteiger partial charge in [-0.3, -0.25) is 19.5 Å². The van der Waals surface area contributed by atoms with Crippen molar-refractivity contribution in [3.63, 3.8) is 0 Å². The molecule has 0 saturated carbocycles. The molecular formula is C24H18Cl2N2O4. The molecule has 1 amide bonds. The monoisotopic (exact) mass is 468 g/mol. The van der Waals surface area contributed by atoms with Gasteiger partial charge < -0.3 is 9.84 Å². The van der Waals surface area contributed by atoms with E-state index < -0.39 is 17.7 Å². The topological polar surface area (TPSA) is 79.7 Å². The van der Waals surface area contributed by atoms with Crippen LogP contribution >= 0.6 is 23.2 Å². The lowest BCUT2D eigenvalue weighted by Crippen LogP contribution is -2.30. The second-order valence-electron chi connectivity index (χ2n) is 7.23. The van der Waals surface area contributed by atoms with E-state index in [1.54, 1.807) is 61.8 Å². The van der Waals surface area contributed by atoms with Crippen molar-refractivity contribution in [1.29, 1.82) is 0 Å². The number of methoxy groups -OCH3 is 1. The first-order valence-corrected chi connectivity index (χ1v) is 10.4. The van der Waals surface area contributed by atoms with Gasteiger partial charge in [0.05, 0.1) is 23.7 Å². The molecule has 1 N–H and O–H groups in total. The number of rotatable bonds is 4. The van der Waals surface area contributed by atoms with E-state index in [1.165, 1.54) is 18.1 Å². The summed E-state index contributed by atoms with van der Waals surface area (Å²) in [6.45, 7) is 1.79. The number of benzene rings is 2. The molecule has 1 aromatic heterocycles. The van der Waals surface area contributed by atoms with Crippen molar-refractivity contribution >= 4 is 46.3 Å². The summed E-state index contributed by atoms with van der Waals surface area (Å²) in [4.78, 5) is 31.8. The standard InChI is InChI=1S/C24H18Cl2N2O4/c1-13-11-15(25)3-6-19(13)28-21(14-7-9-27-10-8-14)20(23(30)24(28)31)22(29)17-12-16(32-2)4-5-18(17)26/h3-12,21,29H,1-2H3/b22-20+. The van der Waals surface area contributed by atoms with Gasteiger partial charge in [0, 0.05) is 28.7 Å². The smallest absolute Gasteiger partial charge is 0.300 e. The first-order chi connectivity index (χ1) is 15.3. The zero-order valence-corrected chi connectivity index (χ0v) is 18.7. The summed E-state index contributed by atoms with van der Waals surface area (Å²) in [6, 6.07) is 12.2. The third-order valence-electron chi connectivity index (χ3n) is 5.31. The fourth-order valence-corrected chi connectivity index (χ4v) is 4.22. The summed E-state index contributed by atoms with van der Waals surface area (Å²) in [5.41, 5.74) is 1.93. The van der Waals surface area contributed by atoms with Gasteiger partial charge in [0.2, 0.25) is 0 Å². The minimum Gasteiger partial charge on any atom is -0.507 e. The van der Waals surface area contributed by atoms with Crippen LogP contribution in [0.5, 0.6) is 5.75 Å². The Balaban J connectivity index is 1.99. The molecule has 0 aliphatic carbocycles. The number of carbonyl (C=O) groups excluding carboxylic acids is 2. The van der Waals surface area contributed by atoms with Crippen LogP contribution in [0, 0.1) is 6.92 Å². The highest BCUT2D eigenvalue weighted by atomic mass is 35.5. The molecule has 1 atom stereocenters. The molecule has 1 unspecified atom stereocenters. The molecule has 3 aromatic rings. The number of ketones is 1. The van der Waals surface area contributed by atoms with E-state index in [-0.39, 0.29) is 21.9 Å². The van der Waals surface area contributed by atoms with Gasteiger partial charge in [0.15, 0.2) is 0 Å². The number of carbonyl (C=O) groups is 2. The van der Waals surface area contributed by atoms with Crippen LogP contribution in [-0.4, -0.2) is 28.9 Å². The SMILES string of the molecule is COc1ccc(Cl)c(/C(O)=C2\C(=O)C(=O)N(c3ccc(Cl)cc3C)C2c2ccncc2)c1. The number of hydrogen-bond acceptors (Lipinski definition) is 5. The van der Waals surface area contributed by atoms with Crippen LogP contribution < -0.4 is 9.64 Å². The molecule has 2 aromatic carbocycles. The number of ether oxygens (including phenoxy) is 1. The van der Waals surface area contributed by atoms with E-state index in [9.17, 15) is 14.7 Å². The third kappa shape index (κ3) is 3.72. The summed E-state index contributed by atoms with van der Waals surface area (Å²) < 4.78 is 5.22. The molecule has 1 saturated heterocycles. The number of aromatic nitrogens is 1. The summed E-state index contributed by atoms with van der Waals surface area (Å²) in [7, 11) is 1.48. The minimum atomic E-state index is -0.889. The number of hydrogen-bond donors (Lipinski definition) is 1. The Bertz CT molecular complexity index is 1260. The molecule has 6 nitrogen and oxygen atoms in total. The van der Waals surface area contributed by atoms with Crippen LogP contribution in [0.2, 0.25) is 10.0 Å². The van der Waals surface area contributed by atoms with Crippen molar-refractivity contribution in [2.24, 2.45) is 0 Å². The lowest BCUT2D eigenvalue weighted by molar-refractivity contribution is -0.132. The van der Waals surface area contributed by atoms with Crippen molar-refractivity contribution in [3.05, 3.63) is 93.2 Å². The third-order valence-corrected chi connectivity index (χ3v) is 5.88. The molecule has 1 aliphatic heterocycles. The number of pyridine rings is 1. The number of anilines is 1. The second kappa shape index (κ2) is 8.65. The average molecular weight is 469 g/mol. The normalized spacial score (nSPS) is 17.6. The van der Waals surface area contributed by atoms with E-state index in [2.05, 4.69) is 4.98 Å². The quantitative estimate of drug-likeness (QED) is 0.317.